The highest BCUT2D eigenvalue weighted by atomic mass is 16.2. The summed E-state index contributed by atoms with van der Waals surface area (Å²) in [6.45, 7) is 2.06. The van der Waals surface area contributed by atoms with Crippen molar-refractivity contribution in [3.63, 3.8) is 0 Å². The van der Waals surface area contributed by atoms with Gasteiger partial charge >= 0.3 is 6.03 Å². The van der Waals surface area contributed by atoms with Crippen LogP contribution in [0.5, 0.6) is 0 Å². The van der Waals surface area contributed by atoms with E-state index in [0.717, 1.165) is 12.0 Å². The van der Waals surface area contributed by atoms with Gasteiger partial charge in [-0.3, -0.25) is 10.1 Å². The number of urea groups is 1. The van der Waals surface area contributed by atoms with Crippen LogP contribution in [0.3, 0.4) is 0 Å². The van der Waals surface area contributed by atoms with E-state index >= 15 is 0 Å². The van der Waals surface area contributed by atoms with Gasteiger partial charge in [-0.1, -0.05) is 25.1 Å². The molecule has 6 heteroatoms. The molecule has 1 aromatic heterocycles. The number of primary amides is 2. The van der Waals surface area contributed by atoms with Crippen molar-refractivity contribution in [1.82, 2.24) is 4.98 Å². The molecule has 0 aliphatic heterocycles. The Kier molecular flexibility index (Phi) is 3.74. The van der Waals surface area contributed by atoms with Gasteiger partial charge in [-0.2, -0.15) is 0 Å². The average Bonchev–Trinajstić information content (AvgIpc) is 2.82. The summed E-state index contributed by atoms with van der Waals surface area (Å²) >= 11 is 0. The second-order valence-electron chi connectivity index (χ2n) is 4.38. The van der Waals surface area contributed by atoms with Crippen molar-refractivity contribution in [1.29, 1.82) is 0 Å². The topological polar surface area (TPSA) is 114 Å². The Morgan fingerprint density at radius 3 is 2.60 bits per heavy atom. The fourth-order valence-corrected chi connectivity index (χ4v) is 1.98. The minimum Gasteiger partial charge on any atom is -0.365 e. The first-order chi connectivity index (χ1) is 9.51. The van der Waals surface area contributed by atoms with Crippen LogP contribution in [0.1, 0.15) is 22.8 Å². The predicted molar refractivity (Wildman–Crippen MR) is 77.3 cm³/mol. The van der Waals surface area contributed by atoms with Crippen molar-refractivity contribution in [2.45, 2.75) is 13.3 Å². The second kappa shape index (κ2) is 5.48. The van der Waals surface area contributed by atoms with E-state index in [2.05, 4.69) is 17.2 Å². The molecule has 2 aromatic rings. The Morgan fingerprint density at radius 1 is 1.25 bits per heavy atom. The lowest BCUT2D eigenvalue weighted by molar-refractivity contribution is 0.100. The summed E-state index contributed by atoms with van der Waals surface area (Å²) in [5.74, 6) is -0.426. The standard InChI is InChI=1S/C14H16N4O2/c1-2-8-4-3-5-9(6-8)11-7-10(12(15)19)13(17-11)18-14(16)20/h3-7,17H,2H2,1H3,(H2,15,19)(H3,16,18,20). The molecule has 0 saturated carbocycles. The van der Waals surface area contributed by atoms with Gasteiger partial charge in [-0.25, -0.2) is 4.79 Å². The number of amides is 3. The number of nitrogens with one attached hydrogen (secondary N) is 2. The molecule has 1 heterocycles. The lowest BCUT2D eigenvalue weighted by Gasteiger charge is -2.02. The van der Waals surface area contributed by atoms with Gasteiger partial charge in [0.25, 0.3) is 5.91 Å². The van der Waals surface area contributed by atoms with Crippen LogP contribution in [-0.4, -0.2) is 16.9 Å². The Morgan fingerprint density at radius 2 is 2.00 bits per heavy atom. The number of anilines is 1. The van der Waals surface area contributed by atoms with Crippen LogP contribution in [0.4, 0.5) is 10.6 Å². The molecule has 0 aliphatic rings. The number of aromatic amines is 1. The Balaban J connectivity index is 2.46. The van der Waals surface area contributed by atoms with Gasteiger partial charge < -0.3 is 16.5 Å². The first kappa shape index (κ1) is 13.7. The highest BCUT2D eigenvalue weighted by molar-refractivity contribution is 6.02. The smallest absolute Gasteiger partial charge is 0.317 e. The number of aryl methyl sites for hydroxylation is 1. The number of carbonyl (C=O) groups is 2. The van der Waals surface area contributed by atoms with E-state index in [9.17, 15) is 9.59 Å². The van der Waals surface area contributed by atoms with Gasteiger partial charge in [0, 0.05) is 5.69 Å². The van der Waals surface area contributed by atoms with Crippen LogP contribution in [0.2, 0.25) is 0 Å². The maximum Gasteiger partial charge on any atom is 0.317 e. The quantitative estimate of drug-likeness (QED) is 0.680. The Labute approximate surface area is 116 Å². The number of rotatable bonds is 4. The van der Waals surface area contributed by atoms with Crippen LogP contribution < -0.4 is 16.8 Å². The highest BCUT2D eigenvalue weighted by Crippen LogP contribution is 2.25. The molecule has 1 aromatic carbocycles. The molecule has 104 valence electrons. The van der Waals surface area contributed by atoms with Crippen molar-refractivity contribution in [3.05, 3.63) is 41.5 Å². The Hall–Kier alpha value is -2.76. The van der Waals surface area contributed by atoms with E-state index in [-0.39, 0.29) is 11.4 Å². The third-order valence-corrected chi connectivity index (χ3v) is 2.98. The molecule has 0 atom stereocenters. The zero-order valence-corrected chi connectivity index (χ0v) is 11.1. The molecule has 2 rings (SSSR count). The molecule has 0 radical (unpaired) electrons. The minimum atomic E-state index is -0.761. The fourth-order valence-electron chi connectivity index (χ4n) is 1.98. The van der Waals surface area contributed by atoms with Crippen molar-refractivity contribution in [2.24, 2.45) is 11.5 Å². The molecule has 6 N–H and O–H groups in total. The maximum absolute atomic E-state index is 11.4. The van der Waals surface area contributed by atoms with Crippen molar-refractivity contribution >= 4 is 17.8 Å². The molecule has 0 saturated heterocycles. The maximum atomic E-state index is 11.4. The van der Waals surface area contributed by atoms with Crippen molar-refractivity contribution in [2.75, 3.05) is 5.32 Å². The van der Waals surface area contributed by atoms with Gasteiger partial charge in [0.15, 0.2) is 0 Å². The van der Waals surface area contributed by atoms with Crippen LogP contribution in [0.15, 0.2) is 30.3 Å². The number of nitrogens with two attached hydrogens (primary N) is 2. The zero-order valence-electron chi connectivity index (χ0n) is 11.1. The monoisotopic (exact) mass is 272 g/mol. The van der Waals surface area contributed by atoms with Crippen LogP contribution >= 0.6 is 0 Å². The first-order valence-corrected chi connectivity index (χ1v) is 6.19. The largest absolute Gasteiger partial charge is 0.365 e. The van der Waals surface area contributed by atoms with E-state index in [0.29, 0.717) is 5.69 Å². The van der Waals surface area contributed by atoms with E-state index in [4.69, 9.17) is 11.5 Å². The first-order valence-electron chi connectivity index (χ1n) is 6.19. The molecule has 0 unspecified atom stereocenters. The summed E-state index contributed by atoms with van der Waals surface area (Å²) < 4.78 is 0. The van der Waals surface area contributed by atoms with E-state index in [1.807, 2.05) is 24.3 Å². The highest BCUT2D eigenvalue weighted by Gasteiger charge is 2.15. The normalized spacial score (nSPS) is 10.2. The molecule has 0 fully saturated rings. The van der Waals surface area contributed by atoms with E-state index in [1.165, 1.54) is 5.56 Å². The van der Waals surface area contributed by atoms with Gasteiger partial charge in [0.2, 0.25) is 0 Å². The average molecular weight is 272 g/mol. The van der Waals surface area contributed by atoms with Crippen LogP contribution in [0, 0.1) is 0 Å². The second-order valence-corrected chi connectivity index (χ2v) is 4.38. The van der Waals surface area contributed by atoms with Gasteiger partial charge in [-0.15, -0.1) is 0 Å². The molecule has 0 bridgehead atoms. The lowest BCUT2D eigenvalue weighted by Crippen LogP contribution is -2.22. The lowest BCUT2D eigenvalue weighted by atomic mass is 10.1. The molecular formula is C14H16N4O2. The van der Waals surface area contributed by atoms with E-state index < -0.39 is 11.9 Å². The molecule has 6 nitrogen and oxygen atoms in total. The number of H-pyrrole nitrogens is 1. The molecular weight excluding hydrogens is 256 g/mol. The summed E-state index contributed by atoms with van der Waals surface area (Å²) in [6.07, 6.45) is 0.906. The summed E-state index contributed by atoms with van der Waals surface area (Å²) in [4.78, 5) is 25.3. The molecule has 3 amide bonds. The van der Waals surface area contributed by atoms with Gasteiger partial charge in [-0.05, 0) is 29.7 Å². The third-order valence-electron chi connectivity index (χ3n) is 2.98. The molecule has 0 aliphatic carbocycles. The van der Waals surface area contributed by atoms with Gasteiger partial charge in [0.1, 0.15) is 5.82 Å². The van der Waals surface area contributed by atoms with Crippen LogP contribution in [-0.2, 0) is 6.42 Å². The number of hydrogen-bond acceptors (Lipinski definition) is 2. The van der Waals surface area contributed by atoms with Crippen LogP contribution in [0.25, 0.3) is 11.3 Å². The summed E-state index contributed by atoms with van der Waals surface area (Å²) in [7, 11) is 0. The fraction of sp³-hybridized carbons (Fsp3) is 0.143. The number of aromatic nitrogens is 1. The number of hydrogen-bond donors (Lipinski definition) is 4. The summed E-state index contributed by atoms with van der Waals surface area (Å²) in [5, 5.41) is 2.36. The molecule has 20 heavy (non-hydrogen) atoms. The zero-order chi connectivity index (χ0) is 14.7. The Bertz CT molecular complexity index is 661. The predicted octanol–water partition coefficient (Wildman–Crippen LogP) is 1.83. The molecule has 0 spiro atoms. The van der Waals surface area contributed by atoms with Crippen molar-refractivity contribution < 1.29 is 9.59 Å². The minimum absolute atomic E-state index is 0.195. The van der Waals surface area contributed by atoms with Crippen molar-refractivity contribution in [3.8, 4) is 11.3 Å². The van der Waals surface area contributed by atoms with Gasteiger partial charge in [0.05, 0.1) is 5.56 Å². The van der Waals surface area contributed by atoms with E-state index in [1.54, 1.807) is 6.07 Å². The summed E-state index contributed by atoms with van der Waals surface area (Å²) in [5.41, 5.74) is 13.3. The SMILES string of the molecule is CCc1cccc(-c2cc(C(N)=O)c(NC(N)=O)[nH]2)c1. The summed E-state index contributed by atoms with van der Waals surface area (Å²) in [6, 6.07) is 8.70. The third kappa shape index (κ3) is 2.80. The number of benzene rings is 1. The number of carbonyl (C=O) groups excluding carboxylic acids is 2.